The SMILES string of the molecule is CC(=O)c1cccc(NCC(=O)NCC(=O)Nc2cccc(Cl)c2C)c1. The lowest BCUT2D eigenvalue weighted by Gasteiger charge is -2.11. The molecule has 2 rings (SSSR count). The average molecular weight is 374 g/mol. The lowest BCUT2D eigenvalue weighted by molar-refractivity contribution is -0.122. The highest BCUT2D eigenvalue weighted by atomic mass is 35.5. The number of amides is 2. The van der Waals surface area contributed by atoms with Gasteiger partial charge in [-0.1, -0.05) is 29.8 Å². The molecule has 0 unspecified atom stereocenters. The molecule has 0 aliphatic carbocycles. The third kappa shape index (κ3) is 5.60. The molecule has 0 saturated carbocycles. The zero-order valence-corrected chi connectivity index (χ0v) is 15.3. The van der Waals surface area contributed by atoms with E-state index in [1.807, 2.05) is 0 Å². The molecule has 0 atom stereocenters. The first-order valence-electron chi connectivity index (χ1n) is 8.03. The maximum Gasteiger partial charge on any atom is 0.243 e. The Morgan fingerprint density at radius 3 is 2.46 bits per heavy atom. The Kier molecular flexibility index (Phi) is 6.74. The number of benzene rings is 2. The van der Waals surface area contributed by atoms with Gasteiger partial charge < -0.3 is 16.0 Å². The summed E-state index contributed by atoms with van der Waals surface area (Å²) in [4.78, 5) is 35.2. The van der Waals surface area contributed by atoms with Gasteiger partial charge in [0.15, 0.2) is 5.78 Å². The second kappa shape index (κ2) is 9.01. The lowest BCUT2D eigenvalue weighted by Crippen LogP contribution is -2.36. The Bertz CT molecular complexity index is 837. The second-order valence-electron chi connectivity index (χ2n) is 5.73. The molecule has 0 radical (unpaired) electrons. The van der Waals surface area contributed by atoms with Gasteiger partial charge in [0.25, 0.3) is 0 Å². The van der Waals surface area contributed by atoms with E-state index in [0.717, 1.165) is 5.56 Å². The highest BCUT2D eigenvalue weighted by Crippen LogP contribution is 2.22. The van der Waals surface area contributed by atoms with E-state index in [1.165, 1.54) is 6.92 Å². The van der Waals surface area contributed by atoms with Crippen LogP contribution in [0.5, 0.6) is 0 Å². The molecule has 0 aliphatic rings. The van der Waals surface area contributed by atoms with Crippen LogP contribution in [0.1, 0.15) is 22.8 Å². The summed E-state index contributed by atoms with van der Waals surface area (Å²) in [5, 5.41) is 8.71. The summed E-state index contributed by atoms with van der Waals surface area (Å²) in [5.74, 6) is -0.732. The topological polar surface area (TPSA) is 87.3 Å². The molecule has 0 aromatic heterocycles. The number of rotatable bonds is 7. The monoisotopic (exact) mass is 373 g/mol. The summed E-state index contributed by atoms with van der Waals surface area (Å²) in [6.45, 7) is 3.12. The van der Waals surface area contributed by atoms with Crippen LogP contribution in [-0.4, -0.2) is 30.7 Å². The van der Waals surface area contributed by atoms with E-state index < -0.39 is 0 Å². The number of carbonyl (C=O) groups is 3. The predicted octanol–water partition coefficient (Wildman–Crippen LogP) is 3.02. The minimum Gasteiger partial charge on any atom is -0.376 e. The fourth-order valence-electron chi connectivity index (χ4n) is 2.21. The number of ketones is 1. The van der Waals surface area contributed by atoms with Crippen molar-refractivity contribution in [2.24, 2.45) is 0 Å². The van der Waals surface area contributed by atoms with Crippen molar-refractivity contribution in [2.75, 3.05) is 23.7 Å². The summed E-state index contributed by atoms with van der Waals surface area (Å²) in [5.41, 5.74) is 2.59. The Hall–Kier alpha value is -2.86. The smallest absolute Gasteiger partial charge is 0.243 e. The molecule has 7 heteroatoms. The summed E-state index contributed by atoms with van der Waals surface area (Å²) in [6.07, 6.45) is 0. The van der Waals surface area contributed by atoms with Crippen molar-refractivity contribution in [2.45, 2.75) is 13.8 Å². The first kappa shape index (κ1) is 19.5. The number of hydrogen-bond donors (Lipinski definition) is 3. The second-order valence-corrected chi connectivity index (χ2v) is 6.14. The van der Waals surface area contributed by atoms with Gasteiger partial charge in [0.1, 0.15) is 0 Å². The molecule has 0 fully saturated rings. The zero-order chi connectivity index (χ0) is 19.1. The molecule has 0 saturated heterocycles. The van der Waals surface area contributed by atoms with Crippen LogP contribution in [0, 0.1) is 6.92 Å². The summed E-state index contributed by atoms with van der Waals surface area (Å²) in [7, 11) is 0. The van der Waals surface area contributed by atoms with Crippen molar-refractivity contribution >= 4 is 40.6 Å². The van der Waals surface area contributed by atoms with Gasteiger partial charge in [-0.15, -0.1) is 0 Å². The quantitative estimate of drug-likeness (QED) is 0.651. The molecule has 0 aliphatic heterocycles. The summed E-state index contributed by atoms with van der Waals surface area (Å²) >= 11 is 6.00. The van der Waals surface area contributed by atoms with E-state index in [2.05, 4.69) is 16.0 Å². The minimum absolute atomic E-state index is 0.00910. The number of anilines is 2. The van der Waals surface area contributed by atoms with Crippen LogP contribution in [0.25, 0.3) is 0 Å². The number of carbonyl (C=O) groups excluding carboxylic acids is 3. The first-order chi connectivity index (χ1) is 12.4. The van der Waals surface area contributed by atoms with E-state index in [-0.39, 0.29) is 30.7 Å². The molecule has 0 bridgehead atoms. The Morgan fingerprint density at radius 2 is 1.73 bits per heavy atom. The van der Waals surface area contributed by atoms with Gasteiger partial charge in [0.2, 0.25) is 11.8 Å². The first-order valence-corrected chi connectivity index (χ1v) is 8.41. The van der Waals surface area contributed by atoms with Gasteiger partial charge in [-0.2, -0.15) is 0 Å². The van der Waals surface area contributed by atoms with Crippen LogP contribution in [0.3, 0.4) is 0 Å². The average Bonchev–Trinajstić information content (AvgIpc) is 2.62. The summed E-state index contributed by atoms with van der Waals surface area (Å²) < 4.78 is 0. The third-order valence-electron chi connectivity index (χ3n) is 3.71. The van der Waals surface area contributed by atoms with Gasteiger partial charge in [-0.3, -0.25) is 14.4 Å². The van der Waals surface area contributed by atoms with E-state index in [0.29, 0.717) is 22.0 Å². The summed E-state index contributed by atoms with van der Waals surface area (Å²) in [6, 6.07) is 12.1. The number of Topliss-reactive ketones (excluding diaryl/α,β-unsaturated/α-hetero) is 1. The Balaban J connectivity index is 1.79. The zero-order valence-electron chi connectivity index (χ0n) is 14.6. The van der Waals surface area contributed by atoms with Crippen LogP contribution in [0.15, 0.2) is 42.5 Å². The molecule has 2 aromatic rings. The van der Waals surface area contributed by atoms with Crippen LogP contribution in [-0.2, 0) is 9.59 Å². The van der Waals surface area contributed by atoms with Crippen molar-refractivity contribution in [3.63, 3.8) is 0 Å². The molecule has 26 heavy (non-hydrogen) atoms. The van der Waals surface area contributed by atoms with Crippen molar-refractivity contribution in [1.29, 1.82) is 0 Å². The Labute approximate surface area is 156 Å². The molecule has 136 valence electrons. The van der Waals surface area contributed by atoms with E-state index in [1.54, 1.807) is 49.4 Å². The van der Waals surface area contributed by atoms with Crippen molar-refractivity contribution in [3.8, 4) is 0 Å². The Morgan fingerprint density at radius 1 is 1.00 bits per heavy atom. The maximum atomic E-state index is 11.9. The molecular formula is C19H20ClN3O3. The van der Waals surface area contributed by atoms with Crippen molar-refractivity contribution < 1.29 is 14.4 Å². The standard InChI is InChI=1S/C19H20ClN3O3/c1-12-16(20)7-4-8-17(12)23-19(26)11-22-18(25)10-21-15-6-3-5-14(9-15)13(2)24/h3-9,21H,10-11H2,1-2H3,(H,22,25)(H,23,26). The highest BCUT2D eigenvalue weighted by Gasteiger charge is 2.09. The largest absolute Gasteiger partial charge is 0.376 e. The number of hydrogen-bond acceptors (Lipinski definition) is 4. The molecule has 0 heterocycles. The van der Waals surface area contributed by atoms with Crippen LogP contribution < -0.4 is 16.0 Å². The molecule has 2 aromatic carbocycles. The molecule has 3 N–H and O–H groups in total. The molecule has 2 amide bonds. The van der Waals surface area contributed by atoms with E-state index >= 15 is 0 Å². The molecular weight excluding hydrogens is 354 g/mol. The van der Waals surface area contributed by atoms with Crippen molar-refractivity contribution in [1.82, 2.24) is 5.32 Å². The van der Waals surface area contributed by atoms with E-state index in [9.17, 15) is 14.4 Å². The number of nitrogens with one attached hydrogen (secondary N) is 3. The van der Waals surface area contributed by atoms with Gasteiger partial charge >= 0.3 is 0 Å². The maximum absolute atomic E-state index is 11.9. The van der Waals surface area contributed by atoms with Gasteiger partial charge in [0, 0.05) is 22.0 Å². The van der Waals surface area contributed by atoms with Gasteiger partial charge in [-0.05, 0) is 43.7 Å². The van der Waals surface area contributed by atoms with Crippen LogP contribution >= 0.6 is 11.6 Å². The van der Waals surface area contributed by atoms with E-state index in [4.69, 9.17) is 11.6 Å². The van der Waals surface area contributed by atoms with Gasteiger partial charge in [-0.25, -0.2) is 0 Å². The van der Waals surface area contributed by atoms with Gasteiger partial charge in [0.05, 0.1) is 13.1 Å². The third-order valence-corrected chi connectivity index (χ3v) is 4.12. The minimum atomic E-state index is -0.345. The molecule has 0 spiro atoms. The number of halogens is 1. The highest BCUT2D eigenvalue weighted by molar-refractivity contribution is 6.31. The van der Waals surface area contributed by atoms with Crippen molar-refractivity contribution in [3.05, 3.63) is 58.6 Å². The van der Waals surface area contributed by atoms with Crippen LogP contribution in [0.4, 0.5) is 11.4 Å². The predicted molar refractivity (Wildman–Crippen MR) is 103 cm³/mol. The molecule has 6 nitrogen and oxygen atoms in total. The fourth-order valence-corrected chi connectivity index (χ4v) is 2.38. The normalized spacial score (nSPS) is 10.1. The van der Waals surface area contributed by atoms with Crippen LogP contribution in [0.2, 0.25) is 5.02 Å². The lowest BCUT2D eigenvalue weighted by atomic mass is 10.1. The fraction of sp³-hybridized carbons (Fsp3) is 0.211.